The number of alkyl halides is 3. The first kappa shape index (κ1) is 31.4. The highest BCUT2D eigenvalue weighted by Gasteiger charge is 2.34. The molecule has 0 unspecified atom stereocenters. The molecule has 0 amide bonds. The number of carbonyl (C=O) groups excluding carboxylic acids is 1. The number of benzene rings is 1. The zero-order valence-electron chi connectivity index (χ0n) is 23.3. The molecule has 0 atom stereocenters. The van der Waals surface area contributed by atoms with Gasteiger partial charge in [0.1, 0.15) is 6.79 Å². The predicted octanol–water partition coefficient (Wildman–Crippen LogP) is 4.36. The van der Waals surface area contributed by atoms with E-state index in [4.69, 9.17) is 4.79 Å². The number of carbonyl (C=O) groups is 1. The fraction of sp³-hybridized carbons (Fsp3) is 0.333. The summed E-state index contributed by atoms with van der Waals surface area (Å²) in [6.07, 6.45) is -1.23. The zero-order valence-corrected chi connectivity index (χ0v) is 23.3. The van der Waals surface area contributed by atoms with Crippen molar-refractivity contribution >= 4 is 17.8 Å². The van der Waals surface area contributed by atoms with Gasteiger partial charge < -0.3 is 15.8 Å². The van der Waals surface area contributed by atoms with Crippen LogP contribution in [-0.4, -0.2) is 65.1 Å². The number of aromatic amines is 1. The third kappa shape index (κ3) is 7.98. The summed E-state index contributed by atoms with van der Waals surface area (Å²) in [7, 11) is 1.50. The summed E-state index contributed by atoms with van der Waals surface area (Å²) in [5.41, 5.74) is 8.02. The van der Waals surface area contributed by atoms with Crippen molar-refractivity contribution in [1.29, 1.82) is 0 Å². The number of nitrogens with zero attached hydrogens (tertiary/aromatic N) is 4. The lowest BCUT2D eigenvalue weighted by molar-refractivity contribution is -0.138. The summed E-state index contributed by atoms with van der Waals surface area (Å²) in [4.78, 5) is 18.7. The zero-order chi connectivity index (χ0) is 30.0. The van der Waals surface area contributed by atoms with Crippen LogP contribution in [0.15, 0.2) is 48.8 Å². The second kappa shape index (κ2) is 14.5. The average Bonchev–Trinajstić information content (AvgIpc) is 3.42. The van der Waals surface area contributed by atoms with Crippen molar-refractivity contribution in [2.45, 2.75) is 32.5 Å². The number of nitrogens with one attached hydrogen (secondary N) is 2. The van der Waals surface area contributed by atoms with Gasteiger partial charge in [0, 0.05) is 72.9 Å². The van der Waals surface area contributed by atoms with E-state index in [1.807, 2.05) is 17.8 Å². The van der Waals surface area contributed by atoms with Gasteiger partial charge in [-0.25, -0.2) is 4.98 Å². The quantitative estimate of drug-likeness (QED) is 0.315. The third-order valence-electron chi connectivity index (χ3n) is 6.44. The van der Waals surface area contributed by atoms with Crippen molar-refractivity contribution in [1.82, 2.24) is 30.4 Å². The Morgan fingerprint density at radius 3 is 2.41 bits per heavy atom. The average molecular weight is 566 g/mol. The highest BCUT2D eigenvalue weighted by atomic mass is 19.4. The molecule has 1 aliphatic rings. The fourth-order valence-electron chi connectivity index (χ4n) is 4.48. The highest BCUT2D eigenvalue weighted by molar-refractivity contribution is 5.79. The van der Waals surface area contributed by atoms with Crippen molar-refractivity contribution < 1.29 is 18.0 Å². The number of aromatic nitrogens is 4. The Morgan fingerprint density at radius 1 is 1.02 bits per heavy atom. The molecule has 216 valence electrons. The SMILES string of the molecule is C=O.CC(C)c1[nH]nc2ncc(C#Cc3ccnc(-c4ccc(CN5CCNCC5)c(C(F)(F)F)c4)c3)cc12.CN. The number of hydrogen-bond donors (Lipinski definition) is 3. The topological polar surface area (TPSA) is 113 Å². The van der Waals surface area contributed by atoms with Gasteiger partial charge in [-0.05, 0) is 42.8 Å². The van der Waals surface area contributed by atoms with Crippen molar-refractivity contribution in [3.8, 4) is 23.1 Å². The van der Waals surface area contributed by atoms with Crippen LogP contribution in [-0.2, 0) is 17.5 Å². The van der Waals surface area contributed by atoms with Gasteiger partial charge in [0.05, 0.1) is 11.3 Å². The predicted molar refractivity (Wildman–Crippen MR) is 154 cm³/mol. The van der Waals surface area contributed by atoms with E-state index in [2.05, 4.69) is 56.9 Å². The third-order valence-corrected chi connectivity index (χ3v) is 6.44. The van der Waals surface area contributed by atoms with Gasteiger partial charge in [0.25, 0.3) is 0 Å². The van der Waals surface area contributed by atoms with Gasteiger partial charge in [-0.2, -0.15) is 18.3 Å². The normalized spacial score (nSPS) is 13.5. The van der Waals surface area contributed by atoms with Gasteiger partial charge in [-0.1, -0.05) is 37.8 Å². The van der Waals surface area contributed by atoms with Gasteiger partial charge in [-0.3, -0.25) is 15.0 Å². The Hall–Kier alpha value is -4.11. The van der Waals surface area contributed by atoms with E-state index in [0.717, 1.165) is 42.8 Å². The maximum atomic E-state index is 14.0. The largest absolute Gasteiger partial charge is 0.416 e. The molecule has 5 rings (SSSR count). The summed E-state index contributed by atoms with van der Waals surface area (Å²) < 4.78 is 41.9. The number of fused-ring (bicyclic) bond motifs is 1. The number of pyridine rings is 2. The van der Waals surface area contributed by atoms with Crippen LogP contribution in [0.2, 0.25) is 0 Å². The van der Waals surface area contributed by atoms with Gasteiger partial charge in [-0.15, -0.1) is 0 Å². The Bertz CT molecular complexity index is 1500. The maximum absolute atomic E-state index is 14.0. The summed E-state index contributed by atoms with van der Waals surface area (Å²) in [5, 5.41) is 11.4. The second-order valence-electron chi connectivity index (χ2n) is 9.46. The summed E-state index contributed by atoms with van der Waals surface area (Å²) in [5.74, 6) is 6.46. The summed E-state index contributed by atoms with van der Waals surface area (Å²) in [6, 6.07) is 9.87. The van der Waals surface area contributed by atoms with Gasteiger partial charge >= 0.3 is 6.18 Å². The molecule has 0 aliphatic carbocycles. The first-order chi connectivity index (χ1) is 19.8. The Kier molecular flexibility index (Phi) is 11.1. The molecule has 1 saturated heterocycles. The van der Waals surface area contributed by atoms with Crippen LogP contribution in [0.3, 0.4) is 0 Å². The number of nitrogens with two attached hydrogens (primary N) is 1. The fourth-order valence-corrected chi connectivity index (χ4v) is 4.48. The van der Waals surface area contributed by atoms with Crippen molar-refractivity contribution in [3.05, 3.63) is 76.7 Å². The number of halogens is 3. The maximum Gasteiger partial charge on any atom is 0.416 e. The molecular weight excluding hydrogens is 531 g/mol. The minimum atomic E-state index is -4.45. The van der Waals surface area contributed by atoms with Crippen LogP contribution in [0.25, 0.3) is 22.3 Å². The van der Waals surface area contributed by atoms with E-state index in [9.17, 15) is 13.2 Å². The van der Waals surface area contributed by atoms with Gasteiger partial charge in [0.2, 0.25) is 0 Å². The minimum Gasteiger partial charge on any atom is -0.333 e. The smallest absolute Gasteiger partial charge is 0.333 e. The Morgan fingerprint density at radius 2 is 1.73 bits per heavy atom. The van der Waals surface area contributed by atoms with E-state index in [-0.39, 0.29) is 18.0 Å². The first-order valence-electron chi connectivity index (χ1n) is 13.1. The van der Waals surface area contributed by atoms with Crippen molar-refractivity contribution in [2.75, 3.05) is 33.2 Å². The lowest BCUT2D eigenvalue weighted by atomic mass is 10.00. The van der Waals surface area contributed by atoms with E-state index >= 15 is 0 Å². The molecule has 41 heavy (non-hydrogen) atoms. The molecule has 0 bridgehead atoms. The lowest BCUT2D eigenvalue weighted by Crippen LogP contribution is -2.43. The minimum absolute atomic E-state index is 0.266. The number of hydrogen-bond acceptors (Lipinski definition) is 7. The molecular formula is C30H34F3N7O. The van der Waals surface area contributed by atoms with E-state index in [1.54, 1.807) is 36.7 Å². The van der Waals surface area contributed by atoms with E-state index in [0.29, 0.717) is 22.5 Å². The van der Waals surface area contributed by atoms with Crippen molar-refractivity contribution in [2.24, 2.45) is 5.73 Å². The summed E-state index contributed by atoms with van der Waals surface area (Å²) >= 11 is 0. The van der Waals surface area contributed by atoms with Crippen LogP contribution in [0.4, 0.5) is 13.2 Å². The van der Waals surface area contributed by atoms with Crippen LogP contribution in [0.1, 0.15) is 47.7 Å². The van der Waals surface area contributed by atoms with Crippen LogP contribution < -0.4 is 11.1 Å². The van der Waals surface area contributed by atoms with Crippen LogP contribution in [0.5, 0.6) is 0 Å². The molecule has 8 nitrogen and oxygen atoms in total. The Labute approximate surface area is 237 Å². The number of piperazine rings is 1. The molecule has 4 heterocycles. The van der Waals surface area contributed by atoms with Crippen LogP contribution >= 0.6 is 0 Å². The van der Waals surface area contributed by atoms with E-state index in [1.165, 1.54) is 13.1 Å². The molecule has 1 aromatic carbocycles. The molecule has 4 N–H and O–H groups in total. The first-order valence-corrected chi connectivity index (χ1v) is 13.1. The molecule has 4 aromatic rings. The molecule has 11 heteroatoms. The lowest BCUT2D eigenvalue weighted by Gasteiger charge is -2.28. The van der Waals surface area contributed by atoms with Gasteiger partial charge in [0.15, 0.2) is 5.65 Å². The molecule has 0 spiro atoms. The summed E-state index contributed by atoms with van der Waals surface area (Å²) in [6.45, 7) is 9.43. The molecule has 0 radical (unpaired) electrons. The number of H-pyrrole nitrogens is 1. The molecule has 0 saturated carbocycles. The van der Waals surface area contributed by atoms with E-state index < -0.39 is 11.7 Å². The monoisotopic (exact) mass is 565 g/mol. The second-order valence-corrected chi connectivity index (χ2v) is 9.46. The molecule has 3 aromatic heterocycles. The highest BCUT2D eigenvalue weighted by Crippen LogP contribution is 2.35. The number of rotatable bonds is 4. The molecule has 1 aliphatic heterocycles. The van der Waals surface area contributed by atoms with Crippen LogP contribution in [0, 0.1) is 11.8 Å². The van der Waals surface area contributed by atoms with Crippen molar-refractivity contribution in [3.63, 3.8) is 0 Å². The standard InChI is InChI=1S/C28H27F3N6.CH5N.CH2O/c1-18(2)26-23-13-20(16-34-27(23)36-35-26)4-3-19-7-8-33-25(14-19)21-5-6-22(24(15-21)28(29,30)31)17-37-11-9-32-10-12-37;2*1-2/h5-8,13-16,18,32H,9-12,17H2,1-2H3,(H,34,35,36);2H2,1H3;1H2. The molecule has 1 fully saturated rings. The Balaban J connectivity index is 0.00000111.